The zero-order valence-corrected chi connectivity index (χ0v) is 14.7. The fourth-order valence-electron chi connectivity index (χ4n) is 2.86. The molecule has 3 rings (SSSR count). The van der Waals surface area contributed by atoms with Gasteiger partial charge in [0.2, 0.25) is 0 Å². The van der Waals surface area contributed by atoms with Crippen molar-refractivity contribution >= 4 is 39.9 Å². The number of hydrogen-bond acceptors (Lipinski definition) is 3. The molecule has 2 amide bonds. The molecular formula is C19H20N2O2S. The number of fused-ring (bicyclic) bond motifs is 1. The quantitative estimate of drug-likeness (QED) is 0.594. The number of nitrogens with zero attached hydrogens (tertiary/aromatic N) is 2. The summed E-state index contributed by atoms with van der Waals surface area (Å²) in [5.41, 5.74) is 2.11. The normalized spacial score (nSPS) is 16.8. The lowest BCUT2D eigenvalue weighted by Crippen LogP contribution is -2.27. The molecule has 0 bridgehead atoms. The fraction of sp³-hybridized carbons (Fsp3) is 0.263. The number of thioether (sulfide) groups is 1. The molecule has 0 saturated carbocycles. The van der Waals surface area contributed by atoms with Crippen LogP contribution in [0.1, 0.15) is 19.4 Å². The highest BCUT2D eigenvalue weighted by molar-refractivity contribution is 8.18. The van der Waals surface area contributed by atoms with Crippen LogP contribution in [0.3, 0.4) is 0 Å². The molecule has 1 aromatic carbocycles. The van der Waals surface area contributed by atoms with Gasteiger partial charge in [-0.3, -0.25) is 14.5 Å². The van der Waals surface area contributed by atoms with E-state index in [1.54, 1.807) is 6.08 Å². The smallest absolute Gasteiger partial charge is 0.293 e. The maximum absolute atomic E-state index is 12.4. The van der Waals surface area contributed by atoms with Crippen molar-refractivity contribution in [3.8, 4) is 0 Å². The Bertz CT molecular complexity index is 848. The maximum Gasteiger partial charge on any atom is 0.293 e. The molecular weight excluding hydrogens is 320 g/mol. The number of imide groups is 1. The molecule has 24 heavy (non-hydrogen) atoms. The highest BCUT2D eigenvalue weighted by Crippen LogP contribution is 2.34. The Hall–Kier alpha value is -2.27. The van der Waals surface area contributed by atoms with E-state index in [1.807, 2.05) is 24.3 Å². The number of benzene rings is 1. The van der Waals surface area contributed by atoms with Crippen molar-refractivity contribution in [3.63, 3.8) is 0 Å². The molecule has 0 unspecified atom stereocenters. The summed E-state index contributed by atoms with van der Waals surface area (Å²) in [4.78, 5) is 26.0. The summed E-state index contributed by atoms with van der Waals surface area (Å²) in [6.07, 6.45) is 5.45. The van der Waals surface area contributed by atoms with E-state index in [9.17, 15) is 9.59 Å². The van der Waals surface area contributed by atoms with Crippen molar-refractivity contribution in [1.29, 1.82) is 0 Å². The number of para-hydroxylation sites is 1. The molecule has 1 aliphatic rings. The summed E-state index contributed by atoms with van der Waals surface area (Å²) in [6, 6.07) is 8.13. The number of carbonyl (C=O) groups excluding carboxylic acids is 2. The summed E-state index contributed by atoms with van der Waals surface area (Å²) in [6.45, 7) is 9.10. The van der Waals surface area contributed by atoms with Crippen LogP contribution in [0.2, 0.25) is 0 Å². The standard InChI is InChI=1S/C19H20N2O2S/c1-4-9-21-18(22)17(24-19(21)23)10-14-12-20(11-13(2)3)16-8-6-5-7-15(14)16/h4-8,10,12-13H,1,9,11H2,2-3H3/b17-10-. The van der Waals surface area contributed by atoms with Crippen LogP contribution in [0.4, 0.5) is 4.79 Å². The number of amides is 2. The molecule has 2 aromatic rings. The molecule has 1 fully saturated rings. The van der Waals surface area contributed by atoms with E-state index in [1.165, 1.54) is 4.90 Å². The molecule has 0 atom stereocenters. The van der Waals surface area contributed by atoms with Crippen LogP contribution in [0.15, 0.2) is 48.0 Å². The van der Waals surface area contributed by atoms with Crippen molar-refractivity contribution in [2.75, 3.05) is 6.54 Å². The Morgan fingerprint density at radius 1 is 1.25 bits per heavy atom. The molecule has 0 spiro atoms. The van der Waals surface area contributed by atoms with Crippen LogP contribution in [-0.2, 0) is 11.3 Å². The van der Waals surface area contributed by atoms with Gasteiger partial charge < -0.3 is 4.57 Å². The van der Waals surface area contributed by atoms with Crippen LogP contribution in [0.25, 0.3) is 17.0 Å². The first-order valence-corrected chi connectivity index (χ1v) is 8.77. The number of aromatic nitrogens is 1. The van der Waals surface area contributed by atoms with Gasteiger partial charge in [0.25, 0.3) is 11.1 Å². The van der Waals surface area contributed by atoms with E-state index in [0.29, 0.717) is 10.8 Å². The van der Waals surface area contributed by atoms with Gasteiger partial charge in [0.15, 0.2) is 0 Å². The molecule has 1 saturated heterocycles. The number of rotatable bonds is 5. The van der Waals surface area contributed by atoms with Gasteiger partial charge in [-0.2, -0.15) is 0 Å². The zero-order chi connectivity index (χ0) is 17.3. The molecule has 0 radical (unpaired) electrons. The Balaban J connectivity index is 2.03. The van der Waals surface area contributed by atoms with Crippen molar-refractivity contribution in [2.45, 2.75) is 20.4 Å². The topological polar surface area (TPSA) is 42.3 Å². The van der Waals surface area contributed by atoms with Gasteiger partial charge in [-0.05, 0) is 29.8 Å². The minimum Gasteiger partial charge on any atom is -0.347 e. The molecule has 1 aliphatic heterocycles. The van der Waals surface area contributed by atoms with Crippen LogP contribution in [-0.4, -0.2) is 27.2 Å². The zero-order valence-electron chi connectivity index (χ0n) is 13.9. The van der Waals surface area contributed by atoms with Gasteiger partial charge in [0.1, 0.15) is 0 Å². The first-order chi connectivity index (χ1) is 11.5. The van der Waals surface area contributed by atoms with Crippen LogP contribution >= 0.6 is 11.8 Å². The SMILES string of the molecule is C=CCN1C(=O)S/C(=C\c2cn(CC(C)C)c3ccccc23)C1=O. The second-order valence-corrected chi connectivity index (χ2v) is 7.22. The number of hydrogen-bond donors (Lipinski definition) is 0. The largest absolute Gasteiger partial charge is 0.347 e. The Labute approximate surface area is 145 Å². The Morgan fingerprint density at radius 2 is 2.00 bits per heavy atom. The van der Waals surface area contributed by atoms with E-state index in [4.69, 9.17) is 0 Å². The van der Waals surface area contributed by atoms with Gasteiger partial charge in [0.05, 0.1) is 4.91 Å². The third-order valence-electron chi connectivity index (χ3n) is 3.85. The second-order valence-electron chi connectivity index (χ2n) is 6.23. The molecule has 5 heteroatoms. The summed E-state index contributed by atoms with van der Waals surface area (Å²) >= 11 is 0.990. The van der Waals surface area contributed by atoms with Crippen molar-refractivity contribution in [3.05, 3.63) is 53.6 Å². The van der Waals surface area contributed by atoms with Gasteiger partial charge in [-0.25, -0.2) is 0 Å². The summed E-state index contributed by atoms with van der Waals surface area (Å²) < 4.78 is 2.21. The molecule has 0 N–H and O–H groups in total. The minimum atomic E-state index is -0.245. The predicted octanol–water partition coefficient (Wildman–Crippen LogP) is 4.52. The van der Waals surface area contributed by atoms with Crippen LogP contribution in [0, 0.1) is 5.92 Å². The molecule has 4 nitrogen and oxygen atoms in total. The first kappa shape index (κ1) is 16.6. The monoisotopic (exact) mass is 340 g/mol. The summed E-state index contributed by atoms with van der Waals surface area (Å²) in [5, 5.41) is 0.853. The minimum absolute atomic E-state index is 0.239. The van der Waals surface area contributed by atoms with Crippen LogP contribution in [0.5, 0.6) is 0 Å². The molecule has 0 aliphatic carbocycles. The van der Waals surface area contributed by atoms with Crippen molar-refractivity contribution in [1.82, 2.24) is 9.47 Å². The van der Waals surface area contributed by atoms with Crippen molar-refractivity contribution in [2.24, 2.45) is 5.92 Å². The first-order valence-electron chi connectivity index (χ1n) is 7.95. The fourth-order valence-corrected chi connectivity index (χ4v) is 3.70. The highest BCUT2D eigenvalue weighted by atomic mass is 32.2. The van der Waals surface area contributed by atoms with E-state index in [0.717, 1.165) is 34.8 Å². The van der Waals surface area contributed by atoms with E-state index in [-0.39, 0.29) is 17.7 Å². The van der Waals surface area contributed by atoms with Gasteiger partial charge >= 0.3 is 0 Å². The summed E-state index contributed by atoms with van der Waals surface area (Å²) in [7, 11) is 0. The lowest BCUT2D eigenvalue weighted by molar-refractivity contribution is -0.122. The molecule has 1 aromatic heterocycles. The van der Waals surface area contributed by atoms with E-state index < -0.39 is 0 Å². The lowest BCUT2D eigenvalue weighted by atomic mass is 10.1. The molecule has 2 heterocycles. The van der Waals surface area contributed by atoms with Gasteiger partial charge in [0, 0.05) is 35.8 Å². The predicted molar refractivity (Wildman–Crippen MR) is 99.7 cm³/mol. The highest BCUT2D eigenvalue weighted by Gasteiger charge is 2.34. The third-order valence-corrected chi connectivity index (χ3v) is 4.76. The second kappa shape index (κ2) is 6.69. The Kier molecular flexibility index (Phi) is 4.62. The van der Waals surface area contributed by atoms with Gasteiger partial charge in [-0.1, -0.05) is 38.1 Å². The number of carbonyl (C=O) groups is 2. The van der Waals surface area contributed by atoms with Crippen LogP contribution < -0.4 is 0 Å². The van der Waals surface area contributed by atoms with Gasteiger partial charge in [-0.15, -0.1) is 6.58 Å². The van der Waals surface area contributed by atoms with E-state index >= 15 is 0 Å². The maximum atomic E-state index is 12.4. The average molecular weight is 340 g/mol. The average Bonchev–Trinajstić information content (AvgIpc) is 3.01. The Morgan fingerprint density at radius 3 is 2.71 bits per heavy atom. The van der Waals surface area contributed by atoms with E-state index in [2.05, 4.69) is 37.3 Å². The summed E-state index contributed by atoms with van der Waals surface area (Å²) in [5.74, 6) is 0.277. The third kappa shape index (κ3) is 3.04. The lowest BCUT2D eigenvalue weighted by Gasteiger charge is -2.07. The molecule has 124 valence electrons. The van der Waals surface area contributed by atoms with Crippen molar-refractivity contribution < 1.29 is 9.59 Å².